The fourth-order valence-electron chi connectivity index (χ4n) is 1.76. The van der Waals surface area contributed by atoms with Gasteiger partial charge in [0.05, 0.1) is 5.56 Å². The molecule has 0 aliphatic heterocycles. The van der Waals surface area contributed by atoms with Crippen molar-refractivity contribution in [2.24, 2.45) is 5.84 Å². The Morgan fingerprint density at radius 2 is 1.76 bits per heavy atom. The van der Waals surface area contributed by atoms with Gasteiger partial charge in [0.2, 0.25) is 5.95 Å². The van der Waals surface area contributed by atoms with Crippen LogP contribution in [0.15, 0.2) is 24.3 Å². The molecule has 0 atom stereocenters. The molecule has 1 aromatic heterocycles. The molecule has 6 nitrogen and oxygen atoms in total. The second kappa shape index (κ2) is 5.44. The summed E-state index contributed by atoms with van der Waals surface area (Å²) in [5, 5.41) is 2.73. The number of benzene rings is 1. The summed E-state index contributed by atoms with van der Waals surface area (Å²) in [6.45, 7) is 1.39. The Morgan fingerprint density at radius 3 is 2.38 bits per heavy atom. The highest BCUT2D eigenvalue weighted by Gasteiger charge is 2.32. The van der Waals surface area contributed by atoms with E-state index in [2.05, 4.69) is 20.7 Å². The molecular weight excluding hydrogens is 285 g/mol. The van der Waals surface area contributed by atoms with Gasteiger partial charge in [0.1, 0.15) is 11.6 Å². The fourth-order valence-corrected chi connectivity index (χ4v) is 1.76. The summed E-state index contributed by atoms with van der Waals surface area (Å²) in [6, 6.07) is 5.31. The third-order valence-electron chi connectivity index (χ3n) is 2.71. The molecule has 0 saturated carbocycles. The molecule has 6 N–H and O–H groups in total. The lowest BCUT2D eigenvalue weighted by atomic mass is 10.1. The van der Waals surface area contributed by atoms with Gasteiger partial charge >= 0.3 is 6.18 Å². The molecule has 1 aromatic carbocycles. The minimum Gasteiger partial charge on any atom is -0.368 e. The quantitative estimate of drug-likeness (QED) is 0.513. The molecule has 0 fully saturated rings. The zero-order chi connectivity index (χ0) is 15.6. The second-order valence-electron chi connectivity index (χ2n) is 4.29. The lowest BCUT2D eigenvalue weighted by molar-refractivity contribution is -0.138. The molecule has 2 aromatic rings. The van der Waals surface area contributed by atoms with E-state index >= 15 is 0 Å². The Kier molecular flexibility index (Phi) is 3.85. The van der Waals surface area contributed by atoms with E-state index in [1.165, 1.54) is 25.1 Å². The van der Waals surface area contributed by atoms with Gasteiger partial charge in [0, 0.05) is 11.8 Å². The van der Waals surface area contributed by atoms with E-state index < -0.39 is 11.7 Å². The maximum Gasteiger partial charge on any atom is 0.416 e. The van der Waals surface area contributed by atoms with Crippen molar-refractivity contribution < 1.29 is 13.2 Å². The van der Waals surface area contributed by atoms with Crippen LogP contribution in [-0.4, -0.2) is 9.97 Å². The lowest BCUT2D eigenvalue weighted by Crippen LogP contribution is -2.11. The first-order valence-electron chi connectivity index (χ1n) is 5.85. The van der Waals surface area contributed by atoms with Crippen molar-refractivity contribution in [3.63, 3.8) is 0 Å². The molecule has 0 radical (unpaired) electrons. The molecule has 0 aliphatic rings. The van der Waals surface area contributed by atoms with Crippen LogP contribution < -0.4 is 22.3 Å². The maximum atomic E-state index is 12.9. The number of hydrazine groups is 1. The first-order valence-corrected chi connectivity index (χ1v) is 5.85. The van der Waals surface area contributed by atoms with Crippen molar-refractivity contribution in [1.29, 1.82) is 0 Å². The molecule has 0 unspecified atom stereocenters. The number of rotatable bonds is 3. The number of nitrogens with two attached hydrogens (primary N) is 2. The van der Waals surface area contributed by atoms with Crippen molar-refractivity contribution >= 4 is 23.3 Å². The second-order valence-corrected chi connectivity index (χ2v) is 4.29. The van der Waals surface area contributed by atoms with Crippen LogP contribution in [-0.2, 0) is 6.18 Å². The van der Waals surface area contributed by atoms with Gasteiger partial charge in [-0.3, -0.25) is 0 Å². The van der Waals surface area contributed by atoms with Crippen LogP contribution in [0.25, 0.3) is 0 Å². The average molecular weight is 298 g/mol. The highest BCUT2D eigenvalue weighted by molar-refractivity contribution is 5.62. The first-order chi connectivity index (χ1) is 9.79. The zero-order valence-electron chi connectivity index (χ0n) is 11.0. The molecule has 0 aliphatic carbocycles. The van der Waals surface area contributed by atoms with Crippen LogP contribution in [0.4, 0.5) is 36.4 Å². The topological polar surface area (TPSA) is 102 Å². The molecule has 112 valence electrons. The van der Waals surface area contributed by atoms with Crippen LogP contribution in [0.5, 0.6) is 0 Å². The standard InChI is InChI=1S/C12H13F3N6/c1-6-2-3-7(4-8(6)12(13,14)15)18-9-5-10(21-17)20-11(16)19-9/h2-5H,17H2,1H3,(H4,16,18,19,20,21). The Hall–Kier alpha value is -2.55. The van der Waals surface area contributed by atoms with E-state index in [-0.39, 0.29) is 28.8 Å². The van der Waals surface area contributed by atoms with Crippen molar-refractivity contribution in [2.75, 3.05) is 16.5 Å². The monoisotopic (exact) mass is 298 g/mol. The highest BCUT2D eigenvalue weighted by Crippen LogP contribution is 2.34. The number of hydrogen-bond donors (Lipinski definition) is 4. The Balaban J connectivity index is 2.34. The molecule has 2 rings (SSSR count). The third-order valence-corrected chi connectivity index (χ3v) is 2.71. The van der Waals surface area contributed by atoms with E-state index in [4.69, 9.17) is 11.6 Å². The smallest absolute Gasteiger partial charge is 0.368 e. The summed E-state index contributed by atoms with van der Waals surface area (Å²) in [5.74, 6) is 5.62. The van der Waals surface area contributed by atoms with Gasteiger partial charge in [-0.05, 0) is 24.6 Å². The molecule has 21 heavy (non-hydrogen) atoms. The minimum absolute atomic E-state index is 0.0592. The van der Waals surface area contributed by atoms with Crippen LogP contribution >= 0.6 is 0 Å². The molecule has 0 saturated heterocycles. The Morgan fingerprint density at radius 1 is 1.10 bits per heavy atom. The number of hydrogen-bond acceptors (Lipinski definition) is 6. The normalized spacial score (nSPS) is 11.3. The van der Waals surface area contributed by atoms with Crippen LogP contribution in [0.2, 0.25) is 0 Å². The van der Waals surface area contributed by atoms with E-state index in [1.807, 2.05) is 0 Å². The number of alkyl halides is 3. The van der Waals surface area contributed by atoms with Gasteiger partial charge < -0.3 is 16.5 Å². The minimum atomic E-state index is -4.42. The Labute approximate surface area is 118 Å². The molecular formula is C12H13F3N6. The van der Waals surface area contributed by atoms with E-state index in [0.29, 0.717) is 0 Å². The summed E-state index contributed by atoms with van der Waals surface area (Å²) in [7, 11) is 0. The van der Waals surface area contributed by atoms with Gasteiger partial charge in [0.15, 0.2) is 0 Å². The number of aromatic nitrogens is 2. The fraction of sp³-hybridized carbons (Fsp3) is 0.167. The van der Waals surface area contributed by atoms with Crippen molar-refractivity contribution in [1.82, 2.24) is 9.97 Å². The van der Waals surface area contributed by atoms with E-state index in [1.54, 1.807) is 0 Å². The van der Waals surface area contributed by atoms with Gasteiger partial charge in [-0.25, -0.2) is 5.84 Å². The lowest BCUT2D eigenvalue weighted by Gasteiger charge is -2.13. The SMILES string of the molecule is Cc1ccc(Nc2cc(NN)nc(N)n2)cc1C(F)(F)F. The van der Waals surface area contributed by atoms with Gasteiger partial charge in [-0.15, -0.1) is 0 Å². The average Bonchev–Trinajstić information content (AvgIpc) is 2.39. The molecule has 0 spiro atoms. The molecule has 0 amide bonds. The van der Waals surface area contributed by atoms with Crippen molar-refractivity contribution in [2.45, 2.75) is 13.1 Å². The molecule has 1 heterocycles. The summed E-state index contributed by atoms with van der Waals surface area (Å²) < 4.78 is 38.6. The number of halogens is 3. The number of nitrogens with one attached hydrogen (secondary N) is 2. The first kappa shape index (κ1) is 14.9. The summed E-state index contributed by atoms with van der Waals surface area (Å²) in [5.41, 5.74) is 7.41. The van der Waals surface area contributed by atoms with Crippen LogP contribution in [0.1, 0.15) is 11.1 Å². The predicted molar refractivity (Wildman–Crippen MR) is 73.7 cm³/mol. The summed E-state index contributed by atoms with van der Waals surface area (Å²) in [6.07, 6.45) is -4.42. The van der Waals surface area contributed by atoms with Crippen molar-refractivity contribution in [3.8, 4) is 0 Å². The number of aryl methyl sites for hydroxylation is 1. The largest absolute Gasteiger partial charge is 0.416 e. The van der Waals surface area contributed by atoms with Crippen LogP contribution in [0, 0.1) is 6.92 Å². The summed E-state index contributed by atoms with van der Waals surface area (Å²) >= 11 is 0. The molecule has 0 bridgehead atoms. The highest BCUT2D eigenvalue weighted by atomic mass is 19.4. The van der Waals surface area contributed by atoms with Gasteiger partial charge in [-0.2, -0.15) is 23.1 Å². The van der Waals surface area contributed by atoms with E-state index in [0.717, 1.165) is 6.07 Å². The number of anilines is 4. The Bertz CT molecular complexity index is 656. The predicted octanol–water partition coefficient (Wildman–Crippen LogP) is 2.42. The van der Waals surface area contributed by atoms with E-state index in [9.17, 15) is 13.2 Å². The van der Waals surface area contributed by atoms with Gasteiger partial charge in [-0.1, -0.05) is 6.07 Å². The van der Waals surface area contributed by atoms with Gasteiger partial charge in [0.25, 0.3) is 0 Å². The number of nitrogen functional groups attached to an aromatic ring is 2. The number of nitrogens with zero attached hydrogens (tertiary/aromatic N) is 2. The van der Waals surface area contributed by atoms with Crippen molar-refractivity contribution in [3.05, 3.63) is 35.4 Å². The van der Waals surface area contributed by atoms with Crippen LogP contribution in [0.3, 0.4) is 0 Å². The zero-order valence-corrected chi connectivity index (χ0v) is 11.0. The third kappa shape index (κ3) is 3.51. The summed E-state index contributed by atoms with van der Waals surface area (Å²) in [4.78, 5) is 7.65. The maximum absolute atomic E-state index is 12.9. The molecule has 9 heteroatoms.